The maximum Gasteiger partial charge on any atom is 0.191 e. The lowest BCUT2D eigenvalue weighted by Crippen LogP contribution is -2.48. The molecule has 2 rings (SSSR count). The number of aliphatic hydroxyl groups is 1. The fourth-order valence-electron chi connectivity index (χ4n) is 2.59. The van der Waals surface area contributed by atoms with Crippen molar-refractivity contribution in [2.24, 2.45) is 12.0 Å². The zero-order valence-corrected chi connectivity index (χ0v) is 15.7. The molecule has 1 aliphatic carbocycles. The average molecular weight is 422 g/mol. The minimum atomic E-state index is -0.598. The molecular weight excluding hydrogens is 395 g/mol. The van der Waals surface area contributed by atoms with E-state index in [0.717, 1.165) is 38.1 Å². The SMILES string of the molecule is CCNC(=NCc1ncnn1C)NCC1(O)CCCCC1.I. The lowest BCUT2D eigenvalue weighted by atomic mass is 9.85. The summed E-state index contributed by atoms with van der Waals surface area (Å²) in [7, 11) is 1.85. The van der Waals surface area contributed by atoms with Crippen LogP contribution in [0.4, 0.5) is 0 Å². The van der Waals surface area contributed by atoms with Crippen LogP contribution in [0.15, 0.2) is 11.3 Å². The Morgan fingerprint density at radius 1 is 1.36 bits per heavy atom. The van der Waals surface area contributed by atoms with E-state index >= 15 is 0 Å². The molecule has 22 heavy (non-hydrogen) atoms. The summed E-state index contributed by atoms with van der Waals surface area (Å²) >= 11 is 0. The third kappa shape index (κ3) is 5.71. The maximum atomic E-state index is 10.5. The van der Waals surface area contributed by atoms with E-state index < -0.39 is 5.60 Å². The Hall–Kier alpha value is -0.900. The topological polar surface area (TPSA) is 87.4 Å². The van der Waals surface area contributed by atoms with Crippen LogP contribution in [0, 0.1) is 0 Å². The molecule has 1 saturated carbocycles. The van der Waals surface area contributed by atoms with Gasteiger partial charge in [0.2, 0.25) is 0 Å². The Balaban J connectivity index is 0.00000242. The first kappa shape index (κ1) is 19.1. The monoisotopic (exact) mass is 422 g/mol. The average Bonchev–Trinajstić information content (AvgIpc) is 2.88. The summed E-state index contributed by atoms with van der Waals surface area (Å²) in [4.78, 5) is 8.64. The summed E-state index contributed by atoms with van der Waals surface area (Å²) < 4.78 is 1.71. The van der Waals surface area contributed by atoms with Crippen LogP contribution in [0.25, 0.3) is 0 Å². The fourth-order valence-corrected chi connectivity index (χ4v) is 2.59. The quantitative estimate of drug-likeness (QED) is 0.377. The zero-order valence-electron chi connectivity index (χ0n) is 13.4. The number of nitrogens with zero attached hydrogens (tertiary/aromatic N) is 4. The highest BCUT2D eigenvalue weighted by atomic mass is 127. The molecule has 0 amide bonds. The molecule has 0 saturated heterocycles. The minimum absolute atomic E-state index is 0. The van der Waals surface area contributed by atoms with Gasteiger partial charge < -0.3 is 15.7 Å². The van der Waals surface area contributed by atoms with Gasteiger partial charge in [0.15, 0.2) is 5.96 Å². The van der Waals surface area contributed by atoms with Crippen molar-refractivity contribution in [3.8, 4) is 0 Å². The lowest BCUT2D eigenvalue weighted by Gasteiger charge is -2.32. The van der Waals surface area contributed by atoms with Crippen molar-refractivity contribution >= 4 is 29.9 Å². The van der Waals surface area contributed by atoms with Gasteiger partial charge in [0.25, 0.3) is 0 Å². The maximum absolute atomic E-state index is 10.5. The Bertz CT molecular complexity index is 470. The number of guanidine groups is 1. The van der Waals surface area contributed by atoms with Crippen molar-refractivity contribution in [1.82, 2.24) is 25.4 Å². The van der Waals surface area contributed by atoms with Crippen LogP contribution in [0.3, 0.4) is 0 Å². The first-order valence-corrected chi connectivity index (χ1v) is 7.70. The molecule has 3 N–H and O–H groups in total. The first-order chi connectivity index (χ1) is 10.1. The largest absolute Gasteiger partial charge is 0.388 e. The summed E-state index contributed by atoms with van der Waals surface area (Å²) in [6, 6.07) is 0. The van der Waals surface area contributed by atoms with Gasteiger partial charge in [-0.1, -0.05) is 19.3 Å². The van der Waals surface area contributed by atoms with Gasteiger partial charge in [0, 0.05) is 20.1 Å². The molecule has 0 aliphatic heterocycles. The lowest BCUT2D eigenvalue weighted by molar-refractivity contribution is 0.00859. The standard InChI is InChI=1S/C14H26N6O.HI/c1-3-15-13(16-9-12-18-11-19-20(12)2)17-10-14(21)7-5-4-6-8-14;/h11,21H,3-10H2,1-2H3,(H2,15,16,17);1H. The Morgan fingerprint density at radius 2 is 2.09 bits per heavy atom. The number of nitrogens with one attached hydrogen (secondary N) is 2. The predicted octanol–water partition coefficient (Wildman–Crippen LogP) is 1.18. The molecule has 1 fully saturated rings. The van der Waals surface area contributed by atoms with Crippen LogP contribution in [0.5, 0.6) is 0 Å². The Kier molecular flexibility index (Phi) is 8.08. The van der Waals surface area contributed by atoms with E-state index in [0.29, 0.717) is 19.0 Å². The van der Waals surface area contributed by atoms with E-state index in [4.69, 9.17) is 0 Å². The second-order valence-electron chi connectivity index (χ2n) is 5.63. The van der Waals surface area contributed by atoms with E-state index in [9.17, 15) is 5.11 Å². The number of hydrogen-bond donors (Lipinski definition) is 3. The second kappa shape index (κ2) is 9.29. The Labute approximate surface area is 149 Å². The van der Waals surface area contributed by atoms with Crippen molar-refractivity contribution in [3.05, 3.63) is 12.2 Å². The van der Waals surface area contributed by atoms with Gasteiger partial charge in [-0.2, -0.15) is 5.10 Å². The van der Waals surface area contributed by atoms with Crippen molar-refractivity contribution in [2.45, 2.75) is 51.2 Å². The number of hydrogen-bond acceptors (Lipinski definition) is 4. The second-order valence-corrected chi connectivity index (χ2v) is 5.63. The fraction of sp³-hybridized carbons (Fsp3) is 0.786. The zero-order chi connectivity index (χ0) is 15.1. The van der Waals surface area contributed by atoms with Crippen LogP contribution in [-0.2, 0) is 13.6 Å². The van der Waals surface area contributed by atoms with E-state index in [2.05, 4.69) is 25.7 Å². The normalized spacial score (nSPS) is 17.7. The van der Waals surface area contributed by atoms with Crippen molar-refractivity contribution < 1.29 is 5.11 Å². The molecule has 0 spiro atoms. The van der Waals surface area contributed by atoms with Gasteiger partial charge in [0.1, 0.15) is 18.7 Å². The van der Waals surface area contributed by atoms with Gasteiger partial charge in [-0.25, -0.2) is 9.98 Å². The molecule has 1 aromatic heterocycles. The highest BCUT2D eigenvalue weighted by Crippen LogP contribution is 2.27. The van der Waals surface area contributed by atoms with Crippen molar-refractivity contribution in [1.29, 1.82) is 0 Å². The van der Waals surface area contributed by atoms with E-state index in [1.54, 1.807) is 4.68 Å². The molecule has 0 radical (unpaired) electrons. The summed E-state index contributed by atoms with van der Waals surface area (Å²) in [6.07, 6.45) is 6.68. The molecule has 126 valence electrons. The summed E-state index contributed by atoms with van der Waals surface area (Å²) in [5.74, 6) is 1.52. The van der Waals surface area contributed by atoms with Crippen molar-refractivity contribution in [2.75, 3.05) is 13.1 Å². The molecule has 1 aliphatic rings. The van der Waals surface area contributed by atoms with Crippen molar-refractivity contribution in [3.63, 3.8) is 0 Å². The highest BCUT2D eigenvalue weighted by molar-refractivity contribution is 14.0. The predicted molar refractivity (Wildman–Crippen MR) is 97.3 cm³/mol. The third-order valence-corrected chi connectivity index (χ3v) is 3.90. The number of halogens is 1. The number of aliphatic imine (C=N–C) groups is 1. The van der Waals surface area contributed by atoms with Gasteiger partial charge in [-0.05, 0) is 19.8 Å². The van der Waals surface area contributed by atoms with Crippen LogP contribution >= 0.6 is 24.0 Å². The number of aryl methyl sites for hydroxylation is 1. The molecule has 0 atom stereocenters. The number of aromatic nitrogens is 3. The molecule has 8 heteroatoms. The molecule has 1 heterocycles. The molecule has 0 bridgehead atoms. The molecule has 0 unspecified atom stereocenters. The summed E-state index contributed by atoms with van der Waals surface area (Å²) in [5.41, 5.74) is -0.598. The van der Waals surface area contributed by atoms with Crippen LogP contribution in [0.2, 0.25) is 0 Å². The Morgan fingerprint density at radius 3 is 2.68 bits per heavy atom. The van der Waals surface area contributed by atoms with Gasteiger partial charge in [0.05, 0.1) is 5.60 Å². The van der Waals surface area contributed by atoms with Crippen LogP contribution in [-0.4, -0.2) is 44.5 Å². The summed E-state index contributed by atoms with van der Waals surface area (Å²) in [6.45, 7) is 3.81. The third-order valence-electron chi connectivity index (χ3n) is 3.90. The smallest absolute Gasteiger partial charge is 0.191 e. The van der Waals surface area contributed by atoms with Gasteiger partial charge in [-0.3, -0.25) is 4.68 Å². The van der Waals surface area contributed by atoms with E-state index in [1.807, 2.05) is 14.0 Å². The molecule has 7 nitrogen and oxygen atoms in total. The van der Waals surface area contributed by atoms with Gasteiger partial charge >= 0.3 is 0 Å². The molecular formula is C14H27IN6O. The van der Waals surface area contributed by atoms with E-state index in [1.165, 1.54) is 12.7 Å². The first-order valence-electron chi connectivity index (χ1n) is 7.70. The molecule has 1 aromatic rings. The van der Waals surface area contributed by atoms with Gasteiger partial charge in [-0.15, -0.1) is 24.0 Å². The van der Waals surface area contributed by atoms with E-state index in [-0.39, 0.29) is 24.0 Å². The van der Waals surface area contributed by atoms with Crippen LogP contribution in [0.1, 0.15) is 44.9 Å². The molecule has 0 aromatic carbocycles. The highest BCUT2D eigenvalue weighted by Gasteiger charge is 2.29. The summed E-state index contributed by atoms with van der Waals surface area (Å²) in [5, 5.41) is 21.0. The minimum Gasteiger partial charge on any atom is -0.388 e. The van der Waals surface area contributed by atoms with Crippen LogP contribution < -0.4 is 10.6 Å². The number of rotatable bonds is 5.